The summed E-state index contributed by atoms with van der Waals surface area (Å²) in [6, 6.07) is 16.4. The Morgan fingerprint density at radius 2 is 1.83 bits per heavy atom. The van der Waals surface area contributed by atoms with Crippen LogP contribution in [0.3, 0.4) is 0 Å². The highest BCUT2D eigenvalue weighted by Gasteiger charge is 2.27. The molecule has 0 aliphatic carbocycles. The lowest BCUT2D eigenvalue weighted by atomic mass is 9.97. The molecule has 8 nitrogen and oxygen atoms in total. The fourth-order valence-electron chi connectivity index (χ4n) is 4.78. The molecule has 5 rings (SSSR count). The summed E-state index contributed by atoms with van der Waals surface area (Å²) >= 11 is 3.48. The van der Waals surface area contributed by atoms with Gasteiger partial charge in [0.1, 0.15) is 0 Å². The minimum atomic E-state index is -0.0354. The van der Waals surface area contributed by atoms with Crippen LogP contribution in [0.15, 0.2) is 57.5 Å². The van der Waals surface area contributed by atoms with Crippen LogP contribution in [0.5, 0.6) is 0 Å². The number of nitrogens with zero attached hydrogens (tertiary/aromatic N) is 4. The molecule has 9 heteroatoms. The molecule has 190 valence electrons. The summed E-state index contributed by atoms with van der Waals surface area (Å²) < 4.78 is 11.9. The number of piperidine rings is 1. The Labute approximate surface area is 220 Å². The molecule has 3 aromatic rings. The summed E-state index contributed by atoms with van der Waals surface area (Å²) in [4.78, 5) is 22.1. The number of rotatable bonds is 8. The van der Waals surface area contributed by atoms with E-state index in [0.717, 1.165) is 67.8 Å². The van der Waals surface area contributed by atoms with Gasteiger partial charge in [0.2, 0.25) is 17.6 Å². The van der Waals surface area contributed by atoms with Crippen LogP contribution in [-0.4, -0.2) is 65.2 Å². The van der Waals surface area contributed by atoms with Crippen LogP contribution in [0.1, 0.15) is 29.9 Å². The first-order valence-corrected chi connectivity index (χ1v) is 13.4. The van der Waals surface area contributed by atoms with Crippen molar-refractivity contribution in [2.75, 3.05) is 39.4 Å². The molecule has 1 aromatic heterocycles. The van der Waals surface area contributed by atoms with E-state index < -0.39 is 0 Å². The molecule has 1 N–H and O–H groups in total. The Hall–Kier alpha value is -2.59. The Balaban J connectivity index is 1.09. The highest BCUT2D eigenvalue weighted by molar-refractivity contribution is 9.10. The largest absolute Gasteiger partial charge is 0.379 e. The van der Waals surface area contributed by atoms with Crippen molar-refractivity contribution in [3.05, 3.63) is 70.0 Å². The first-order valence-electron chi connectivity index (χ1n) is 12.6. The molecule has 2 aliphatic rings. The van der Waals surface area contributed by atoms with Crippen LogP contribution in [0.4, 0.5) is 0 Å². The fraction of sp³-hybridized carbons (Fsp3) is 0.444. The summed E-state index contributed by atoms with van der Waals surface area (Å²) in [5.41, 5.74) is 3.32. The van der Waals surface area contributed by atoms with E-state index in [1.165, 1.54) is 5.56 Å². The molecule has 1 unspecified atom stereocenters. The maximum absolute atomic E-state index is 12.9. The quantitative estimate of drug-likeness (QED) is 0.453. The number of hydrogen-bond acceptors (Lipinski definition) is 7. The van der Waals surface area contributed by atoms with E-state index in [1.54, 1.807) is 0 Å². The van der Waals surface area contributed by atoms with E-state index in [-0.39, 0.29) is 11.8 Å². The molecule has 1 atom stereocenters. The van der Waals surface area contributed by atoms with Gasteiger partial charge in [-0.1, -0.05) is 57.5 Å². The van der Waals surface area contributed by atoms with E-state index in [1.807, 2.05) is 24.3 Å². The zero-order chi connectivity index (χ0) is 24.7. The number of ether oxygens (including phenoxy) is 1. The summed E-state index contributed by atoms with van der Waals surface area (Å²) in [6.45, 7) is 7.24. The number of halogens is 1. The number of carbonyl (C=O) groups excluding carboxylic acids is 1. The lowest BCUT2D eigenvalue weighted by molar-refractivity contribution is -0.127. The average molecular weight is 554 g/mol. The van der Waals surface area contributed by atoms with Crippen LogP contribution < -0.4 is 5.32 Å². The molecular weight excluding hydrogens is 522 g/mol. The predicted octanol–water partition coefficient (Wildman–Crippen LogP) is 3.86. The lowest BCUT2D eigenvalue weighted by Crippen LogP contribution is -2.42. The predicted molar refractivity (Wildman–Crippen MR) is 140 cm³/mol. The topological polar surface area (TPSA) is 83.7 Å². The highest BCUT2D eigenvalue weighted by Crippen LogP contribution is 2.22. The van der Waals surface area contributed by atoms with Gasteiger partial charge >= 0.3 is 0 Å². The second-order valence-corrected chi connectivity index (χ2v) is 10.4. The maximum atomic E-state index is 12.9. The van der Waals surface area contributed by atoms with Gasteiger partial charge in [-0.3, -0.25) is 14.6 Å². The van der Waals surface area contributed by atoms with E-state index in [0.29, 0.717) is 31.3 Å². The van der Waals surface area contributed by atoms with Crippen molar-refractivity contribution in [3.63, 3.8) is 0 Å². The normalized spacial score (nSPS) is 19.3. The highest BCUT2D eigenvalue weighted by atomic mass is 79.9. The van der Waals surface area contributed by atoms with Crippen LogP contribution in [0.2, 0.25) is 0 Å². The zero-order valence-corrected chi connectivity index (χ0v) is 22.0. The number of nitrogens with one attached hydrogen (secondary N) is 1. The number of carbonyl (C=O) groups is 1. The first kappa shape index (κ1) is 25.1. The van der Waals surface area contributed by atoms with Gasteiger partial charge in [0, 0.05) is 42.8 Å². The van der Waals surface area contributed by atoms with E-state index in [9.17, 15) is 4.79 Å². The zero-order valence-electron chi connectivity index (χ0n) is 20.4. The number of aromatic nitrogens is 2. The van der Waals surface area contributed by atoms with Gasteiger partial charge in [-0.2, -0.15) is 4.98 Å². The molecule has 0 saturated carbocycles. The van der Waals surface area contributed by atoms with Crippen molar-refractivity contribution in [1.82, 2.24) is 25.3 Å². The third-order valence-corrected chi connectivity index (χ3v) is 7.28. The second kappa shape index (κ2) is 12.1. The summed E-state index contributed by atoms with van der Waals surface area (Å²) in [5.74, 6) is 1.22. The number of amides is 1. The van der Waals surface area contributed by atoms with Crippen LogP contribution >= 0.6 is 15.9 Å². The molecule has 2 saturated heterocycles. The van der Waals surface area contributed by atoms with Gasteiger partial charge < -0.3 is 14.6 Å². The molecule has 2 fully saturated rings. The Kier molecular flexibility index (Phi) is 8.43. The van der Waals surface area contributed by atoms with E-state index in [2.05, 4.69) is 65.5 Å². The van der Waals surface area contributed by atoms with Crippen molar-refractivity contribution in [2.24, 2.45) is 5.92 Å². The molecule has 2 aromatic carbocycles. The van der Waals surface area contributed by atoms with Crippen molar-refractivity contribution < 1.29 is 14.1 Å². The Bertz CT molecular complexity index is 1150. The van der Waals surface area contributed by atoms with Crippen molar-refractivity contribution in [3.8, 4) is 11.4 Å². The van der Waals surface area contributed by atoms with E-state index >= 15 is 0 Å². The van der Waals surface area contributed by atoms with Gasteiger partial charge in [0.25, 0.3) is 0 Å². The standard InChI is InChI=1S/C27H32BrN5O3/c28-24-5-1-3-22(15-24)26-30-25(36-31-26)19-33-10-2-4-23(18-33)27(34)29-16-20-6-8-21(9-7-20)17-32-11-13-35-14-12-32/h1,3,5-9,15,23H,2,4,10-14,16-19H2,(H,29,34). The number of morpholine rings is 1. The Morgan fingerprint density at radius 1 is 1.03 bits per heavy atom. The van der Waals surface area contributed by atoms with Crippen LogP contribution in [0, 0.1) is 5.92 Å². The molecule has 3 heterocycles. The summed E-state index contributed by atoms with van der Waals surface area (Å²) in [5, 5.41) is 7.26. The molecule has 1 amide bonds. The molecule has 0 spiro atoms. The van der Waals surface area contributed by atoms with Crippen molar-refractivity contribution in [1.29, 1.82) is 0 Å². The second-order valence-electron chi connectivity index (χ2n) is 9.52. The summed E-state index contributed by atoms with van der Waals surface area (Å²) in [6.07, 6.45) is 1.87. The summed E-state index contributed by atoms with van der Waals surface area (Å²) in [7, 11) is 0. The third-order valence-electron chi connectivity index (χ3n) is 6.79. The minimum Gasteiger partial charge on any atom is -0.379 e. The smallest absolute Gasteiger partial charge is 0.241 e. The molecule has 2 aliphatic heterocycles. The number of likely N-dealkylation sites (tertiary alicyclic amines) is 1. The number of benzene rings is 2. The van der Waals surface area contributed by atoms with Crippen molar-refractivity contribution >= 4 is 21.8 Å². The third kappa shape index (κ3) is 6.79. The molecule has 36 heavy (non-hydrogen) atoms. The maximum Gasteiger partial charge on any atom is 0.241 e. The van der Waals surface area contributed by atoms with Crippen LogP contribution in [0.25, 0.3) is 11.4 Å². The minimum absolute atomic E-state index is 0.0354. The fourth-order valence-corrected chi connectivity index (χ4v) is 5.18. The van der Waals surface area contributed by atoms with Gasteiger partial charge in [-0.25, -0.2) is 0 Å². The molecule has 0 radical (unpaired) electrons. The van der Waals surface area contributed by atoms with Gasteiger partial charge in [0.05, 0.1) is 25.7 Å². The Morgan fingerprint density at radius 3 is 2.64 bits per heavy atom. The SMILES string of the molecule is O=C(NCc1ccc(CN2CCOCC2)cc1)C1CCCN(Cc2nc(-c3cccc(Br)c3)no2)C1. The van der Waals surface area contributed by atoms with Gasteiger partial charge in [0.15, 0.2) is 0 Å². The first-order chi connectivity index (χ1) is 17.6. The monoisotopic (exact) mass is 553 g/mol. The van der Waals surface area contributed by atoms with Gasteiger partial charge in [-0.05, 0) is 42.6 Å². The number of hydrogen-bond donors (Lipinski definition) is 1. The lowest BCUT2D eigenvalue weighted by Gasteiger charge is -2.30. The van der Waals surface area contributed by atoms with Gasteiger partial charge in [-0.15, -0.1) is 0 Å². The van der Waals surface area contributed by atoms with Crippen molar-refractivity contribution in [2.45, 2.75) is 32.5 Å². The van der Waals surface area contributed by atoms with Crippen LogP contribution in [-0.2, 0) is 29.2 Å². The molecular formula is C27H32BrN5O3. The molecule has 0 bridgehead atoms. The average Bonchev–Trinajstić information content (AvgIpc) is 3.37. The van der Waals surface area contributed by atoms with E-state index in [4.69, 9.17) is 9.26 Å².